The lowest BCUT2D eigenvalue weighted by molar-refractivity contribution is 0.342. The van der Waals surface area contributed by atoms with E-state index in [9.17, 15) is 0 Å². The quantitative estimate of drug-likeness (QED) is 0.146. The average molecular weight is 848 g/mol. The molecule has 1 fully saturated rings. The molecule has 4 aromatic rings. The van der Waals surface area contributed by atoms with Crippen molar-refractivity contribution in [3.8, 4) is 0 Å². The van der Waals surface area contributed by atoms with Gasteiger partial charge in [-0.2, -0.15) is 0 Å². The molecule has 0 unspecified atom stereocenters. The Hall–Kier alpha value is -1.36. The van der Waals surface area contributed by atoms with Crippen molar-refractivity contribution in [1.82, 2.24) is 21.3 Å². The molecule has 1 heterocycles. The Morgan fingerprint density at radius 1 is 0.341 bits per heavy atom. The molecule has 0 saturated carbocycles. The minimum Gasteiger partial charge on any atom is -0.311 e. The molecule has 0 bridgehead atoms. The van der Waals surface area contributed by atoms with Crippen molar-refractivity contribution in [1.29, 1.82) is 0 Å². The molecule has 1 aliphatic heterocycles. The van der Waals surface area contributed by atoms with Gasteiger partial charge in [0.05, 0.1) is 0 Å². The van der Waals surface area contributed by atoms with Crippen molar-refractivity contribution in [2.75, 3.05) is 26.2 Å². The Kier molecular flexibility index (Phi) is 13.5. The van der Waals surface area contributed by atoms with Gasteiger partial charge in [-0.3, -0.25) is 0 Å². The Morgan fingerprint density at radius 3 is 0.705 bits per heavy atom. The maximum Gasteiger partial charge on any atom is 0.0233 e. The fourth-order valence-corrected chi connectivity index (χ4v) is 6.78. The summed E-state index contributed by atoms with van der Waals surface area (Å²) < 4.78 is 4.46. The third kappa shape index (κ3) is 11.5. The molecule has 232 valence electrons. The first-order chi connectivity index (χ1) is 21.4. The zero-order valence-electron chi connectivity index (χ0n) is 24.7. The molecule has 4 atom stereocenters. The lowest BCUT2D eigenvalue weighted by Gasteiger charge is -2.31. The predicted molar refractivity (Wildman–Crippen MR) is 199 cm³/mol. The number of rotatable bonds is 8. The molecule has 0 radical (unpaired) electrons. The minimum absolute atomic E-state index is 0.302. The van der Waals surface area contributed by atoms with E-state index in [1.807, 2.05) is 0 Å². The predicted octanol–water partition coefficient (Wildman–Crippen LogP) is 7.85. The van der Waals surface area contributed by atoms with Gasteiger partial charge in [0.1, 0.15) is 0 Å². The second-order valence-electron chi connectivity index (χ2n) is 11.7. The molecular weight excluding hydrogens is 808 g/mol. The van der Waals surface area contributed by atoms with Gasteiger partial charge in [0, 0.05) is 68.2 Å². The highest BCUT2D eigenvalue weighted by Gasteiger charge is 2.21. The number of halogens is 4. The fraction of sp³-hybridized carbons (Fsp3) is 0.333. The number of benzene rings is 4. The van der Waals surface area contributed by atoms with Gasteiger partial charge >= 0.3 is 0 Å². The fourth-order valence-electron chi connectivity index (χ4n) is 5.72. The van der Waals surface area contributed by atoms with Gasteiger partial charge in [-0.1, -0.05) is 112 Å². The minimum atomic E-state index is 0.302. The molecule has 5 rings (SSSR count). The number of hydrogen-bond acceptors (Lipinski definition) is 4. The van der Waals surface area contributed by atoms with Crippen LogP contribution in [0.5, 0.6) is 0 Å². The summed E-state index contributed by atoms with van der Waals surface area (Å²) in [7, 11) is 0. The van der Waals surface area contributed by atoms with Crippen molar-refractivity contribution in [3.63, 3.8) is 0 Å². The second-order valence-corrected chi connectivity index (χ2v) is 15.4. The molecule has 0 aromatic heterocycles. The molecule has 4 nitrogen and oxygen atoms in total. The Labute approximate surface area is 296 Å². The van der Waals surface area contributed by atoms with E-state index < -0.39 is 0 Å². The van der Waals surface area contributed by atoms with E-state index in [4.69, 9.17) is 0 Å². The molecule has 44 heavy (non-hydrogen) atoms. The van der Waals surface area contributed by atoms with Gasteiger partial charge in [-0.05, 0) is 96.5 Å². The summed E-state index contributed by atoms with van der Waals surface area (Å²) in [5.74, 6) is 0. The van der Waals surface area contributed by atoms with Crippen molar-refractivity contribution in [3.05, 3.63) is 137 Å². The van der Waals surface area contributed by atoms with Gasteiger partial charge < -0.3 is 21.3 Å². The molecule has 1 saturated heterocycles. The first kappa shape index (κ1) is 34.0. The molecule has 4 aromatic carbocycles. The van der Waals surface area contributed by atoms with E-state index in [0.29, 0.717) is 24.2 Å². The van der Waals surface area contributed by atoms with E-state index in [1.54, 1.807) is 0 Å². The van der Waals surface area contributed by atoms with Crippen LogP contribution in [0.15, 0.2) is 115 Å². The van der Waals surface area contributed by atoms with Crippen LogP contribution in [-0.2, 0) is 25.7 Å². The van der Waals surface area contributed by atoms with Gasteiger partial charge in [-0.25, -0.2) is 0 Å². The summed E-state index contributed by atoms with van der Waals surface area (Å²) in [5, 5.41) is 15.9. The van der Waals surface area contributed by atoms with Crippen LogP contribution in [0.1, 0.15) is 22.3 Å². The molecular formula is C36H40Br4N4. The van der Waals surface area contributed by atoms with Crippen LogP contribution in [0.2, 0.25) is 0 Å². The molecule has 4 N–H and O–H groups in total. The van der Waals surface area contributed by atoms with Crippen LogP contribution in [0.3, 0.4) is 0 Å². The van der Waals surface area contributed by atoms with E-state index >= 15 is 0 Å². The Bertz CT molecular complexity index is 1170. The summed E-state index contributed by atoms with van der Waals surface area (Å²) >= 11 is 14.4. The summed E-state index contributed by atoms with van der Waals surface area (Å²) in [6.07, 6.45) is 3.87. The number of hydrogen-bond donors (Lipinski definition) is 4. The summed E-state index contributed by atoms with van der Waals surface area (Å²) in [4.78, 5) is 0. The smallest absolute Gasteiger partial charge is 0.0233 e. The van der Waals surface area contributed by atoms with Crippen LogP contribution < -0.4 is 21.3 Å². The zero-order valence-corrected chi connectivity index (χ0v) is 31.1. The molecule has 0 amide bonds. The van der Waals surface area contributed by atoms with Gasteiger partial charge in [0.2, 0.25) is 0 Å². The molecule has 0 aliphatic carbocycles. The zero-order chi connectivity index (χ0) is 30.7. The van der Waals surface area contributed by atoms with Crippen LogP contribution in [-0.4, -0.2) is 50.3 Å². The van der Waals surface area contributed by atoms with E-state index in [-0.39, 0.29) is 0 Å². The Balaban J connectivity index is 1.36. The SMILES string of the molecule is Brc1ccc(C[C@@H]2CN[C@H](Cc3ccc(Br)cc3)CN[C@H](Cc3ccc(Br)cc3)CN[C@H](Cc3ccc(Br)cc3)CN2)cc1. The summed E-state index contributed by atoms with van der Waals surface area (Å²) in [5.41, 5.74) is 5.37. The van der Waals surface area contributed by atoms with Crippen LogP contribution in [0, 0.1) is 0 Å². The lowest BCUT2D eigenvalue weighted by Crippen LogP contribution is -2.55. The van der Waals surface area contributed by atoms with Gasteiger partial charge in [0.15, 0.2) is 0 Å². The first-order valence-corrected chi connectivity index (χ1v) is 18.5. The third-order valence-electron chi connectivity index (χ3n) is 8.19. The molecule has 1 aliphatic rings. The largest absolute Gasteiger partial charge is 0.311 e. The highest BCUT2D eigenvalue weighted by molar-refractivity contribution is 9.11. The van der Waals surface area contributed by atoms with Crippen molar-refractivity contribution >= 4 is 63.7 Å². The third-order valence-corrected chi connectivity index (χ3v) is 10.3. The summed E-state index contributed by atoms with van der Waals surface area (Å²) in [6, 6.07) is 36.2. The summed E-state index contributed by atoms with van der Waals surface area (Å²) in [6.45, 7) is 3.56. The lowest BCUT2D eigenvalue weighted by atomic mass is 10.00. The Morgan fingerprint density at radius 2 is 0.523 bits per heavy atom. The highest BCUT2D eigenvalue weighted by atomic mass is 79.9. The van der Waals surface area contributed by atoms with Crippen LogP contribution >= 0.6 is 63.7 Å². The molecule has 0 spiro atoms. The van der Waals surface area contributed by atoms with Crippen LogP contribution in [0.4, 0.5) is 0 Å². The standard InChI is InChI=1S/C36H40Br4N4/c37-29-9-1-25(2-10-29)17-33-21-42-35(19-27-5-13-31(39)14-6-27)23-44-36(20-28-7-15-32(40)16-8-28)24-43-34(22-41-33)18-26-3-11-30(38)12-4-26/h1-16,33-36,41-44H,17-24H2/t33-,34-,35-,36-/m1/s1. The maximum atomic E-state index is 3.97. The van der Waals surface area contributed by atoms with Crippen molar-refractivity contribution < 1.29 is 0 Å². The highest BCUT2D eigenvalue weighted by Crippen LogP contribution is 2.16. The van der Waals surface area contributed by atoms with Gasteiger partial charge in [-0.15, -0.1) is 0 Å². The second kappa shape index (κ2) is 17.5. The normalized spacial score (nSPS) is 21.7. The van der Waals surface area contributed by atoms with Crippen molar-refractivity contribution in [2.24, 2.45) is 0 Å². The average Bonchev–Trinajstić information content (AvgIpc) is 3.02. The van der Waals surface area contributed by atoms with E-state index in [0.717, 1.165) is 69.8 Å². The first-order valence-electron chi connectivity index (χ1n) is 15.3. The topological polar surface area (TPSA) is 48.1 Å². The monoisotopic (exact) mass is 844 g/mol. The van der Waals surface area contributed by atoms with Crippen LogP contribution in [0.25, 0.3) is 0 Å². The van der Waals surface area contributed by atoms with Gasteiger partial charge in [0.25, 0.3) is 0 Å². The van der Waals surface area contributed by atoms with E-state index in [1.165, 1.54) is 22.3 Å². The number of nitrogens with one attached hydrogen (secondary N) is 4. The maximum absolute atomic E-state index is 3.97. The van der Waals surface area contributed by atoms with E-state index in [2.05, 4.69) is 182 Å². The molecule has 8 heteroatoms. The van der Waals surface area contributed by atoms with Crippen molar-refractivity contribution in [2.45, 2.75) is 49.9 Å².